The Morgan fingerprint density at radius 1 is 1.13 bits per heavy atom. The summed E-state index contributed by atoms with van der Waals surface area (Å²) in [7, 11) is 0. The molecule has 1 atom stereocenters. The Hall–Kier alpha value is -0.860. The highest BCUT2D eigenvalue weighted by Gasteiger charge is 2.19. The number of hydrogen-bond donors (Lipinski definition) is 0. The molecular formula is C11H10Cl2O2. The Labute approximate surface area is 98.2 Å². The van der Waals surface area contributed by atoms with E-state index in [1.165, 1.54) is 0 Å². The van der Waals surface area contributed by atoms with Crippen LogP contribution < -0.4 is 0 Å². The Morgan fingerprint density at radius 3 is 2.20 bits per heavy atom. The van der Waals surface area contributed by atoms with Crippen LogP contribution in [0.4, 0.5) is 0 Å². The molecule has 0 fully saturated rings. The molecule has 2 nitrogen and oxygen atoms in total. The zero-order valence-electron chi connectivity index (χ0n) is 7.95. The number of carbonyl (C=O) groups is 2. The second-order valence-corrected chi connectivity index (χ2v) is 4.04. The van der Waals surface area contributed by atoms with Gasteiger partial charge in [0.15, 0.2) is 0 Å². The van der Waals surface area contributed by atoms with Crippen LogP contribution in [-0.2, 0) is 16.0 Å². The highest BCUT2D eigenvalue weighted by Crippen LogP contribution is 2.16. The minimum atomic E-state index is -0.537. The second kappa shape index (κ2) is 5.89. The predicted octanol–water partition coefficient (Wildman–Crippen LogP) is 2.77. The summed E-state index contributed by atoms with van der Waals surface area (Å²) in [6.07, 6.45) is 0.431. The molecule has 4 heteroatoms. The molecule has 0 N–H and O–H groups in total. The molecule has 0 radical (unpaired) electrons. The number of rotatable bonds is 5. The van der Waals surface area contributed by atoms with Crippen LogP contribution in [0.15, 0.2) is 30.3 Å². The first-order valence-corrected chi connectivity index (χ1v) is 5.27. The maximum absolute atomic E-state index is 11.0. The zero-order chi connectivity index (χ0) is 11.3. The molecule has 0 bridgehead atoms. The predicted molar refractivity (Wildman–Crippen MR) is 60.0 cm³/mol. The lowest BCUT2D eigenvalue weighted by Gasteiger charge is -2.09. The molecule has 0 aliphatic rings. The average Bonchev–Trinajstić information content (AvgIpc) is 2.17. The number of benzene rings is 1. The molecule has 0 heterocycles. The molecule has 0 amide bonds. The summed E-state index contributed by atoms with van der Waals surface area (Å²) in [5.74, 6) is -0.529. The summed E-state index contributed by atoms with van der Waals surface area (Å²) in [5.41, 5.74) is 0.967. The van der Waals surface area contributed by atoms with E-state index < -0.39 is 16.4 Å². The average molecular weight is 245 g/mol. The fourth-order valence-corrected chi connectivity index (χ4v) is 1.67. The third kappa shape index (κ3) is 4.45. The minimum Gasteiger partial charge on any atom is -0.281 e. The molecule has 15 heavy (non-hydrogen) atoms. The van der Waals surface area contributed by atoms with Crippen LogP contribution >= 0.6 is 23.2 Å². The minimum absolute atomic E-state index is 0.0151. The molecule has 1 rings (SSSR count). The summed E-state index contributed by atoms with van der Waals surface area (Å²) in [6, 6.07) is 9.38. The van der Waals surface area contributed by atoms with Gasteiger partial charge in [0, 0.05) is 12.3 Å². The van der Waals surface area contributed by atoms with Crippen LogP contribution in [0.3, 0.4) is 0 Å². The van der Waals surface area contributed by atoms with Crippen molar-refractivity contribution in [3.05, 3.63) is 35.9 Å². The lowest BCUT2D eigenvalue weighted by atomic mass is 9.98. The van der Waals surface area contributed by atoms with E-state index in [1.807, 2.05) is 30.3 Å². The molecule has 80 valence electrons. The summed E-state index contributed by atoms with van der Waals surface area (Å²) < 4.78 is 0. The van der Waals surface area contributed by atoms with Crippen LogP contribution in [0.5, 0.6) is 0 Å². The van der Waals surface area contributed by atoms with Crippen molar-refractivity contribution < 1.29 is 9.59 Å². The maximum Gasteiger partial charge on any atom is 0.225 e. The molecular weight excluding hydrogens is 235 g/mol. The molecule has 1 aromatic carbocycles. The molecule has 0 aliphatic carbocycles. The first-order valence-electron chi connectivity index (χ1n) is 4.51. The van der Waals surface area contributed by atoms with Crippen molar-refractivity contribution in [1.82, 2.24) is 0 Å². The molecule has 0 aromatic heterocycles. The molecule has 0 unspecified atom stereocenters. The highest BCUT2D eigenvalue weighted by molar-refractivity contribution is 6.66. The topological polar surface area (TPSA) is 34.1 Å². The summed E-state index contributed by atoms with van der Waals surface area (Å²) >= 11 is 10.6. The molecule has 1 aromatic rings. The van der Waals surface area contributed by atoms with E-state index in [0.29, 0.717) is 6.42 Å². The Morgan fingerprint density at radius 2 is 1.73 bits per heavy atom. The van der Waals surface area contributed by atoms with Crippen LogP contribution in [0, 0.1) is 5.92 Å². The summed E-state index contributed by atoms with van der Waals surface area (Å²) in [4.78, 5) is 21.7. The summed E-state index contributed by atoms with van der Waals surface area (Å²) in [5, 5.41) is -1.06. The fourth-order valence-electron chi connectivity index (χ4n) is 1.32. The number of halogens is 2. The van der Waals surface area contributed by atoms with E-state index in [2.05, 4.69) is 0 Å². The molecule has 0 saturated heterocycles. The van der Waals surface area contributed by atoms with Gasteiger partial charge in [-0.25, -0.2) is 0 Å². The van der Waals surface area contributed by atoms with Gasteiger partial charge in [-0.05, 0) is 35.2 Å². The van der Waals surface area contributed by atoms with E-state index in [1.54, 1.807) is 0 Å². The van der Waals surface area contributed by atoms with E-state index in [4.69, 9.17) is 23.2 Å². The van der Waals surface area contributed by atoms with Gasteiger partial charge < -0.3 is 0 Å². The number of carbonyl (C=O) groups excluding carboxylic acids is 2. The van der Waals surface area contributed by atoms with Gasteiger partial charge in [0.2, 0.25) is 10.5 Å². The van der Waals surface area contributed by atoms with Crippen LogP contribution in [0.2, 0.25) is 0 Å². The lowest BCUT2D eigenvalue weighted by molar-refractivity contribution is -0.119. The zero-order valence-corrected chi connectivity index (χ0v) is 9.46. The van der Waals surface area contributed by atoms with Crippen LogP contribution in [0.25, 0.3) is 0 Å². The van der Waals surface area contributed by atoms with Gasteiger partial charge in [-0.2, -0.15) is 0 Å². The van der Waals surface area contributed by atoms with E-state index in [0.717, 1.165) is 5.56 Å². The monoisotopic (exact) mass is 244 g/mol. The third-order valence-corrected chi connectivity index (χ3v) is 2.52. The highest BCUT2D eigenvalue weighted by atomic mass is 35.5. The Bertz CT molecular complexity index is 349. The number of hydrogen-bond acceptors (Lipinski definition) is 2. The van der Waals surface area contributed by atoms with Gasteiger partial charge in [0.1, 0.15) is 0 Å². The quantitative estimate of drug-likeness (QED) is 0.747. The standard InChI is InChI=1S/C11H10Cl2O2/c12-10(14)7-9(11(13)15)6-8-4-2-1-3-5-8/h1-5,9H,6-7H2/t9-/m1/s1. The molecule has 0 aliphatic heterocycles. The van der Waals surface area contributed by atoms with E-state index in [-0.39, 0.29) is 6.42 Å². The van der Waals surface area contributed by atoms with Crippen molar-refractivity contribution >= 4 is 33.7 Å². The Kier molecular flexibility index (Phi) is 4.79. The summed E-state index contributed by atoms with van der Waals surface area (Å²) in [6.45, 7) is 0. The lowest BCUT2D eigenvalue weighted by Crippen LogP contribution is -2.14. The molecule has 0 saturated carbocycles. The van der Waals surface area contributed by atoms with Crippen molar-refractivity contribution in [2.75, 3.05) is 0 Å². The first-order chi connectivity index (χ1) is 7.09. The van der Waals surface area contributed by atoms with Gasteiger partial charge in [-0.15, -0.1) is 0 Å². The smallest absolute Gasteiger partial charge is 0.225 e. The van der Waals surface area contributed by atoms with Gasteiger partial charge >= 0.3 is 0 Å². The van der Waals surface area contributed by atoms with Crippen molar-refractivity contribution in [3.8, 4) is 0 Å². The van der Waals surface area contributed by atoms with Crippen molar-refractivity contribution in [1.29, 1.82) is 0 Å². The van der Waals surface area contributed by atoms with E-state index in [9.17, 15) is 9.59 Å². The SMILES string of the molecule is O=C(Cl)C[C@@H](Cc1ccccc1)C(=O)Cl. The maximum atomic E-state index is 11.0. The van der Waals surface area contributed by atoms with Gasteiger partial charge in [-0.3, -0.25) is 9.59 Å². The fraction of sp³-hybridized carbons (Fsp3) is 0.273. The van der Waals surface area contributed by atoms with Crippen molar-refractivity contribution in [3.63, 3.8) is 0 Å². The van der Waals surface area contributed by atoms with Gasteiger partial charge in [0.05, 0.1) is 0 Å². The Balaban J connectivity index is 2.67. The second-order valence-electron chi connectivity index (χ2n) is 3.25. The van der Waals surface area contributed by atoms with Crippen LogP contribution in [-0.4, -0.2) is 10.5 Å². The van der Waals surface area contributed by atoms with Crippen molar-refractivity contribution in [2.24, 2.45) is 5.92 Å². The third-order valence-electron chi connectivity index (χ3n) is 2.05. The largest absolute Gasteiger partial charge is 0.281 e. The van der Waals surface area contributed by atoms with E-state index >= 15 is 0 Å². The first kappa shape index (κ1) is 12.2. The van der Waals surface area contributed by atoms with Crippen LogP contribution in [0.1, 0.15) is 12.0 Å². The molecule has 0 spiro atoms. The normalized spacial score (nSPS) is 12.1. The van der Waals surface area contributed by atoms with Gasteiger partial charge in [-0.1, -0.05) is 30.3 Å². The van der Waals surface area contributed by atoms with Crippen molar-refractivity contribution in [2.45, 2.75) is 12.8 Å². The van der Waals surface area contributed by atoms with Gasteiger partial charge in [0.25, 0.3) is 0 Å².